The minimum absolute atomic E-state index is 0.0755. The first-order valence-corrected chi connectivity index (χ1v) is 12.1. The zero-order valence-corrected chi connectivity index (χ0v) is 20.2. The average Bonchev–Trinajstić information content (AvgIpc) is 3.14. The highest BCUT2D eigenvalue weighted by atomic mass is 35.5. The van der Waals surface area contributed by atoms with Crippen LogP contribution in [0.1, 0.15) is 45.1 Å². The number of para-hydroxylation sites is 1. The molecule has 2 aliphatic rings. The van der Waals surface area contributed by atoms with Gasteiger partial charge in [-0.05, 0) is 48.6 Å². The molecule has 1 amide bonds. The van der Waals surface area contributed by atoms with Crippen molar-refractivity contribution < 1.29 is 9.59 Å². The molecule has 7 heteroatoms. The number of thiazole rings is 1. The number of Topliss-reactive ketones (excluding diaryl/α,β-unsaturated/α-hetero) is 1. The van der Waals surface area contributed by atoms with Crippen LogP contribution in [0.3, 0.4) is 0 Å². The summed E-state index contributed by atoms with van der Waals surface area (Å²) in [4.78, 5) is 31.5. The smallest absolute Gasteiger partial charge is 0.256 e. The first kappa shape index (κ1) is 21.9. The van der Waals surface area contributed by atoms with Crippen LogP contribution in [0.2, 0.25) is 5.02 Å². The van der Waals surface area contributed by atoms with Gasteiger partial charge < -0.3 is 5.32 Å². The summed E-state index contributed by atoms with van der Waals surface area (Å²) >= 11 is 7.57. The molecule has 1 atom stereocenters. The van der Waals surface area contributed by atoms with Crippen molar-refractivity contribution in [1.29, 1.82) is 0 Å². The molecule has 5 nitrogen and oxygen atoms in total. The van der Waals surface area contributed by atoms with Crippen molar-refractivity contribution in [2.24, 2.45) is 5.41 Å². The first-order valence-electron chi connectivity index (χ1n) is 10.9. The van der Waals surface area contributed by atoms with Gasteiger partial charge in [-0.1, -0.05) is 61.1 Å². The van der Waals surface area contributed by atoms with Gasteiger partial charge in [0.1, 0.15) is 0 Å². The van der Waals surface area contributed by atoms with Crippen molar-refractivity contribution in [3.63, 3.8) is 0 Å². The quantitative estimate of drug-likeness (QED) is 0.471. The number of halogens is 1. The lowest BCUT2D eigenvalue weighted by Gasteiger charge is -2.39. The van der Waals surface area contributed by atoms with Gasteiger partial charge in [0.05, 0.1) is 10.2 Å². The van der Waals surface area contributed by atoms with E-state index in [4.69, 9.17) is 11.6 Å². The second-order valence-corrected chi connectivity index (χ2v) is 10.9. The fraction of sp³-hybridized carbons (Fsp3) is 0.269. The molecule has 2 N–H and O–H groups in total. The Bertz CT molecular complexity index is 1320. The van der Waals surface area contributed by atoms with Gasteiger partial charge in [0.15, 0.2) is 10.9 Å². The number of nitrogens with one attached hydrogen (secondary N) is 2. The largest absolute Gasteiger partial charge is 0.362 e. The lowest BCUT2D eigenvalue weighted by atomic mass is 9.68. The molecule has 1 aliphatic heterocycles. The molecule has 5 rings (SSSR count). The monoisotopic (exact) mass is 477 g/mol. The van der Waals surface area contributed by atoms with Gasteiger partial charge in [-0.3, -0.25) is 14.9 Å². The van der Waals surface area contributed by atoms with Crippen LogP contribution in [-0.2, 0) is 9.59 Å². The Labute approximate surface area is 201 Å². The van der Waals surface area contributed by atoms with Crippen LogP contribution in [0.15, 0.2) is 71.1 Å². The maximum absolute atomic E-state index is 13.6. The minimum atomic E-state index is -0.462. The molecule has 0 bridgehead atoms. The number of aromatic nitrogens is 1. The molecule has 2 aromatic carbocycles. The Hall–Kier alpha value is -2.96. The molecule has 0 saturated heterocycles. The van der Waals surface area contributed by atoms with Crippen LogP contribution in [0.25, 0.3) is 10.2 Å². The van der Waals surface area contributed by atoms with E-state index in [1.165, 1.54) is 11.3 Å². The lowest BCUT2D eigenvalue weighted by molar-refractivity contribution is -0.118. The van der Waals surface area contributed by atoms with E-state index in [-0.39, 0.29) is 17.1 Å². The van der Waals surface area contributed by atoms with E-state index in [1.807, 2.05) is 43.3 Å². The highest BCUT2D eigenvalue weighted by molar-refractivity contribution is 7.22. The maximum atomic E-state index is 13.6. The molecular weight excluding hydrogens is 454 g/mol. The Morgan fingerprint density at radius 3 is 2.61 bits per heavy atom. The van der Waals surface area contributed by atoms with Crippen molar-refractivity contribution >= 4 is 50.0 Å². The Balaban J connectivity index is 1.57. The molecule has 168 valence electrons. The topological polar surface area (TPSA) is 71.1 Å². The summed E-state index contributed by atoms with van der Waals surface area (Å²) in [7, 11) is 0. The third kappa shape index (κ3) is 4.09. The van der Waals surface area contributed by atoms with Gasteiger partial charge in [0, 0.05) is 39.9 Å². The molecule has 1 unspecified atom stereocenters. The average molecular weight is 478 g/mol. The molecule has 2 heterocycles. The number of ketones is 1. The highest BCUT2D eigenvalue weighted by Gasteiger charge is 2.42. The van der Waals surface area contributed by atoms with E-state index >= 15 is 0 Å². The number of hydrogen-bond acceptors (Lipinski definition) is 5. The summed E-state index contributed by atoms with van der Waals surface area (Å²) < 4.78 is 1.00. The van der Waals surface area contributed by atoms with E-state index in [0.29, 0.717) is 27.7 Å². The summed E-state index contributed by atoms with van der Waals surface area (Å²) in [6, 6.07) is 15.2. The van der Waals surface area contributed by atoms with Gasteiger partial charge in [0.25, 0.3) is 5.91 Å². The third-order valence-electron chi connectivity index (χ3n) is 6.20. The molecule has 1 aromatic heterocycles. The number of dihydropyridines is 1. The number of carbonyl (C=O) groups excluding carboxylic acids is 2. The van der Waals surface area contributed by atoms with E-state index in [0.717, 1.165) is 33.6 Å². The summed E-state index contributed by atoms with van der Waals surface area (Å²) in [5.74, 6) is -0.647. The summed E-state index contributed by atoms with van der Waals surface area (Å²) in [6.45, 7) is 6.09. The van der Waals surface area contributed by atoms with Crippen LogP contribution in [-0.4, -0.2) is 16.7 Å². The number of benzene rings is 2. The summed E-state index contributed by atoms with van der Waals surface area (Å²) in [6.07, 6.45) is 1.20. The molecule has 0 saturated carbocycles. The van der Waals surface area contributed by atoms with Crippen molar-refractivity contribution in [2.75, 3.05) is 5.32 Å². The Morgan fingerprint density at radius 1 is 1.15 bits per heavy atom. The molecule has 0 spiro atoms. The van der Waals surface area contributed by atoms with E-state index < -0.39 is 5.92 Å². The second-order valence-electron chi connectivity index (χ2n) is 9.42. The minimum Gasteiger partial charge on any atom is -0.362 e. The lowest BCUT2D eigenvalue weighted by Crippen LogP contribution is -2.39. The number of anilines is 1. The van der Waals surface area contributed by atoms with E-state index in [1.54, 1.807) is 12.1 Å². The van der Waals surface area contributed by atoms with Gasteiger partial charge >= 0.3 is 0 Å². The molecule has 33 heavy (non-hydrogen) atoms. The van der Waals surface area contributed by atoms with Crippen molar-refractivity contribution in [3.05, 3.63) is 81.7 Å². The van der Waals surface area contributed by atoms with Gasteiger partial charge in [-0.2, -0.15) is 0 Å². The number of fused-ring (bicyclic) bond motifs is 1. The standard InChI is InChI=1S/C26H24ClN3O2S/c1-14-21(24(32)30-25-29-17-6-4-5-7-20(17)33-25)22(15-8-10-16(27)11-9-15)23-18(28-14)12-26(2,3)13-19(23)31/h4-11,22,28H,12-13H2,1-3H3,(H,29,30,32). The predicted molar refractivity (Wildman–Crippen MR) is 133 cm³/mol. The molecule has 0 radical (unpaired) electrons. The molecular formula is C26H24ClN3O2S. The van der Waals surface area contributed by atoms with Crippen LogP contribution in [0.5, 0.6) is 0 Å². The molecule has 1 aliphatic carbocycles. The third-order valence-corrected chi connectivity index (χ3v) is 7.41. The Kier molecular flexibility index (Phi) is 5.38. The van der Waals surface area contributed by atoms with Crippen LogP contribution < -0.4 is 10.6 Å². The number of amides is 1. The van der Waals surface area contributed by atoms with Gasteiger partial charge in [-0.15, -0.1) is 0 Å². The second kappa shape index (κ2) is 8.12. The van der Waals surface area contributed by atoms with Crippen LogP contribution >= 0.6 is 22.9 Å². The summed E-state index contributed by atoms with van der Waals surface area (Å²) in [5, 5.41) is 7.52. The summed E-state index contributed by atoms with van der Waals surface area (Å²) in [5.41, 5.74) is 4.45. The number of carbonyl (C=O) groups is 2. The SMILES string of the molecule is CC1=C(C(=O)Nc2nc3ccccc3s2)C(c2ccc(Cl)cc2)C2=C(CC(C)(C)CC2=O)N1. The van der Waals surface area contributed by atoms with Crippen LogP contribution in [0.4, 0.5) is 5.13 Å². The molecule has 3 aromatic rings. The van der Waals surface area contributed by atoms with Gasteiger partial charge in [0.2, 0.25) is 0 Å². The molecule has 0 fully saturated rings. The fourth-order valence-corrected chi connectivity index (χ4v) is 5.80. The zero-order chi connectivity index (χ0) is 23.3. The zero-order valence-electron chi connectivity index (χ0n) is 18.7. The van der Waals surface area contributed by atoms with Gasteiger partial charge in [-0.25, -0.2) is 4.98 Å². The van der Waals surface area contributed by atoms with E-state index in [9.17, 15) is 9.59 Å². The number of rotatable bonds is 3. The Morgan fingerprint density at radius 2 is 1.88 bits per heavy atom. The van der Waals surface area contributed by atoms with Crippen molar-refractivity contribution in [3.8, 4) is 0 Å². The van der Waals surface area contributed by atoms with Crippen molar-refractivity contribution in [2.45, 2.75) is 39.5 Å². The predicted octanol–water partition coefficient (Wildman–Crippen LogP) is 6.19. The highest BCUT2D eigenvalue weighted by Crippen LogP contribution is 2.47. The number of hydrogen-bond donors (Lipinski definition) is 2. The first-order chi connectivity index (χ1) is 15.7. The van der Waals surface area contributed by atoms with Crippen LogP contribution in [0, 0.1) is 5.41 Å². The normalized spacial score (nSPS) is 20.0. The van der Waals surface area contributed by atoms with Crippen molar-refractivity contribution in [1.82, 2.24) is 10.3 Å². The van der Waals surface area contributed by atoms with E-state index in [2.05, 4.69) is 29.5 Å². The fourth-order valence-electron chi connectivity index (χ4n) is 4.82. The number of allylic oxidation sites excluding steroid dienone is 3. The maximum Gasteiger partial charge on any atom is 0.256 e. The number of nitrogens with zero attached hydrogens (tertiary/aromatic N) is 1.